The first-order chi connectivity index (χ1) is 9.63. The van der Waals surface area contributed by atoms with Crippen molar-refractivity contribution in [3.05, 3.63) is 48.0 Å². The second kappa shape index (κ2) is 5.98. The molecule has 20 heavy (non-hydrogen) atoms. The fourth-order valence-corrected chi connectivity index (χ4v) is 1.55. The zero-order valence-electron chi connectivity index (χ0n) is 10.7. The Hall–Kier alpha value is -2.67. The third-order valence-corrected chi connectivity index (χ3v) is 2.57. The lowest BCUT2D eigenvalue weighted by Crippen LogP contribution is -2.14. The number of nitrogens with two attached hydrogens (primary N) is 1. The van der Waals surface area contributed by atoms with Gasteiger partial charge in [-0.15, -0.1) is 0 Å². The summed E-state index contributed by atoms with van der Waals surface area (Å²) in [5, 5.41) is 2.54. The number of ether oxygens (including phenoxy) is 1. The van der Waals surface area contributed by atoms with Gasteiger partial charge in [-0.2, -0.15) is 0 Å². The Balaban J connectivity index is 2.12. The van der Waals surface area contributed by atoms with E-state index < -0.39 is 11.7 Å². The molecule has 0 atom stereocenters. The average molecular weight is 276 g/mol. The van der Waals surface area contributed by atoms with Gasteiger partial charge in [0.25, 0.3) is 5.91 Å². The normalized spacial score (nSPS) is 9.95. The van der Waals surface area contributed by atoms with Crippen LogP contribution in [0.1, 0.15) is 10.5 Å². The smallest absolute Gasteiger partial charge is 0.274 e. The zero-order valence-corrected chi connectivity index (χ0v) is 10.7. The number of nitrogens with one attached hydrogen (secondary N) is 2. The maximum absolute atomic E-state index is 13.5. The van der Waals surface area contributed by atoms with Gasteiger partial charge >= 0.3 is 0 Å². The monoisotopic (exact) mass is 276 g/mol. The van der Waals surface area contributed by atoms with Gasteiger partial charge in [0.1, 0.15) is 5.69 Å². The predicted octanol–water partition coefficient (Wildman–Crippen LogP) is 1.77. The minimum atomic E-state index is -0.555. The van der Waals surface area contributed by atoms with Crippen LogP contribution in [0.4, 0.5) is 15.8 Å². The lowest BCUT2D eigenvalue weighted by atomic mass is 10.2. The van der Waals surface area contributed by atoms with E-state index in [0.717, 1.165) is 0 Å². The number of halogens is 1. The van der Waals surface area contributed by atoms with Crippen molar-refractivity contribution in [3.8, 4) is 5.75 Å². The molecule has 6 nitrogen and oxygen atoms in total. The van der Waals surface area contributed by atoms with Crippen molar-refractivity contribution in [2.45, 2.75) is 0 Å². The van der Waals surface area contributed by atoms with E-state index in [1.54, 1.807) is 6.07 Å². The molecule has 0 aliphatic carbocycles. The molecule has 2 aromatic rings. The van der Waals surface area contributed by atoms with Crippen molar-refractivity contribution < 1.29 is 13.9 Å². The number of aromatic nitrogens is 1. The highest BCUT2D eigenvalue weighted by atomic mass is 19.1. The number of hydrazine groups is 1. The van der Waals surface area contributed by atoms with Gasteiger partial charge in [0.2, 0.25) is 0 Å². The van der Waals surface area contributed by atoms with E-state index in [9.17, 15) is 9.18 Å². The fraction of sp³-hybridized carbons (Fsp3) is 0.0769. The van der Waals surface area contributed by atoms with Crippen LogP contribution in [-0.4, -0.2) is 18.0 Å². The molecule has 0 aliphatic heterocycles. The van der Waals surface area contributed by atoms with Crippen LogP contribution in [0.3, 0.4) is 0 Å². The van der Waals surface area contributed by atoms with E-state index in [2.05, 4.69) is 15.7 Å². The van der Waals surface area contributed by atoms with Crippen LogP contribution < -0.4 is 21.3 Å². The van der Waals surface area contributed by atoms with Gasteiger partial charge in [0.05, 0.1) is 19.0 Å². The topological polar surface area (TPSA) is 89.3 Å². The number of nitrogens with zero attached hydrogens (tertiary/aromatic N) is 1. The van der Waals surface area contributed by atoms with Crippen molar-refractivity contribution in [1.29, 1.82) is 0 Å². The van der Waals surface area contributed by atoms with Gasteiger partial charge in [0, 0.05) is 11.8 Å². The summed E-state index contributed by atoms with van der Waals surface area (Å²) in [6.45, 7) is 0. The highest BCUT2D eigenvalue weighted by molar-refractivity contribution is 6.02. The van der Waals surface area contributed by atoms with Gasteiger partial charge in [-0.1, -0.05) is 0 Å². The second-order valence-electron chi connectivity index (χ2n) is 3.88. The first kappa shape index (κ1) is 13.8. The Bertz CT molecular complexity index is 616. The van der Waals surface area contributed by atoms with Crippen molar-refractivity contribution >= 4 is 17.3 Å². The first-order valence-corrected chi connectivity index (χ1v) is 5.71. The molecule has 0 saturated carbocycles. The van der Waals surface area contributed by atoms with E-state index >= 15 is 0 Å². The molecule has 0 spiro atoms. The maximum atomic E-state index is 13.5. The van der Waals surface area contributed by atoms with Crippen molar-refractivity contribution in [3.63, 3.8) is 0 Å². The van der Waals surface area contributed by atoms with E-state index in [-0.39, 0.29) is 11.4 Å². The van der Waals surface area contributed by atoms with Gasteiger partial charge in [0.15, 0.2) is 11.6 Å². The zero-order chi connectivity index (χ0) is 14.5. The average Bonchev–Trinajstić information content (AvgIpc) is 2.47. The summed E-state index contributed by atoms with van der Waals surface area (Å²) in [6.07, 6.45) is 1.42. The lowest BCUT2D eigenvalue weighted by Gasteiger charge is -2.07. The van der Waals surface area contributed by atoms with Crippen LogP contribution in [0.2, 0.25) is 0 Å². The number of carbonyl (C=O) groups is 1. The van der Waals surface area contributed by atoms with Crippen molar-refractivity contribution in [2.75, 3.05) is 17.9 Å². The van der Waals surface area contributed by atoms with Crippen LogP contribution in [0.25, 0.3) is 0 Å². The number of hydrogen-bond donors (Lipinski definition) is 3. The summed E-state index contributed by atoms with van der Waals surface area (Å²) in [4.78, 5) is 15.8. The number of anilines is 2. The van der Waals surface area contributed by atoms with Crippen LogP contribution in [0, 0.1) is 5.82 Å². The fourth-order valence-electron chi connectivity index (χ4n) is 1.55. The Kier molecular flexibility index (Phi) is 4.11. The summed E-state index contributed by atoms with van der Waals surface area (Å²) < 4.78 is 18.3. The van der Waals surface area contributed by atoms with Gasteiger partial charge in [-0.25, -0.2) is 9.37 Å². The third-order valence-electron chi connectivity index (χ3n) is 2.57. The number of pyridine rings is 1. The van der Waals surface area contributed by atoms with Crippen LogP contribution in [0.15, 0.2) is 36.5 Å². The molecule has 0 unspecified atom stereocenters. The molecule has 4 N–H and O–H groups in total. The third kappa shape index (κ3) is 3.01. The summed E-state index contributed by atoms with van der Waals surface area (Å²) in [5.41, 5.74) is 3.50. The van der Waals surface area contributed by atoms with Crippen LogP contribution >= 0.6 is 0 Å². The quantitative estimate of drug-likeness (QED) is 0.585. The number of rotatable bonds is 4. The number of amides is 1. The number of hydrogen-bond acceptors (Lipinski definition) is 5. The molecule has 0 radical (unpaired) electrons. The molecule has 1 amide bonds. The minimum absolute atomic E-state index is 0.111. The molecule has 0 fully saturated rings. The largest absolute Gasteiger partial charge is 0.494 e. The van der Waals surface area contributed by atoms with Gasteiger partial charge < -0.3 is 15.5 Å². The standard InChI is InChI=1S/C13H13FN4O2/c1-20-12-5-3-8(6-10(12)14)17-13(19)11-4-2-9(18-15)7-16-11/h2-7,18H,15H2,1H3,(H,17,19). The van der Waals surface area contributed by atoms with Crippen LogP contribution in [0.5, 0.6) is 5.75 Å². The first-order valence-electron chi connectivity index (χ1n) is 5.71. The highest BCUT2D eigenvalue weighted by Gasteiger charge is 2.09. The predicted molar refractivity (Wildman–Crippen MR) is 73.0 cm³/mol. The molecule has 1 aromatic carbocycles. The second-order valence-corrected chi connectivity index (χ2v) is 3.88. The molecule has 0 saturated heterocycles. The molecule has 7 heteroatoms. The summed E-state index contributed by atoms with van der Waals surface area (Å²) in [5.74, 6) is 4.31. The molecule has 104 valence electrons. The van der Waals surface area contributed by atoms with E-state index in [1.807, 2.05) is 0 Å². The SMILES string of the molecule is COc1ccc(NC(=O)c2ccc(NN)cn2)cc1F. The molecule has 2 rings (SSSR count). The van der Waals surface area contributed by atoms with E-state index in [1.165, 1.54) is 37.6 Å². The number of benzene rings is 1. The van der Waals surface area contributed by atoms with Crippen molar-refractivity contribution in [2.24, 2.45) is 5.84 Å². The summed E-state index contributed by atoms with van der Waals surface area (Å²) in [7, 11) is 1.37. The number of carbonyl (C=O) groups excluding carboxylic acids is 1. The van der Waals surface area contributed by atoms with Crippen LogP contribution in [-0.2, 0) is 0 Å². The Morgan fingerprint density at radius 2 is 2.05 bits per heavy atom. The molecule has 1 aromatic heterocycles. The number of nitrogen functional groups attached to an aromatic ring is 1. The lowest BCUT2D eigenvalue weighted by molar-refractivity contribution is 0.102. The molecule has 0 aliphatic rings. The van der Waals surface area contributed by atoms with Crippen molar-refractivity contribution in [1.82, 2.24) is 4.98 Å². The minimum Gasteiger partial charge on any atom is -0.494 e. The maximum Gasteiger partial charge on any atom is 0.274 e. The molecular formula is C13H13FN4O2. The summed E-state index contributed by atoms with van der Waals surface area (Å²) >= 11 is 0. The molecular weight excluding hydrogens is 263 g/mol. The Morgan fingerprint density at radius 1 is 1.30 bits per heavy atom. The summed E-state index contributed by atoms with van der Waals surface area (Å²) in [6, 6.07) is 7.25. The molecule has 0 bridgehead atoms. The Morgan fingerprint density at radius 3 is 2.60 bits per heavy atom. The highest BCUT2D eigenvalue weighted by Crippen LogP contribution is 2.21. The van der Waals surface area contributed by atoms with E-state index in [4.69, 9.17) is 10.6 Å². The van der Waals surface area contributed by atoms with E-state index in [0.29, 0.717) is 11.4 Å². The van der Waals surface area contributed by atoms with Gasteiger partial charge in [-0.05, 0) is 24.3 Å². The Labute approximate surface area is 114 Å². The number of methoxy groups -OCH3 is 1. The molecule has 1 heterocycles. The van der Waals surface area contributed by atoms with Gasteiger partial charge in [-0.3, -0.25) is 10.6 Å².